The molecule has 0 radical (unpaired) electrons. The Hall–Kier alpha value is -0.270. The van der Waals surface area contributed by atoms with Crippen molar-refractivity contribution in [2.24, 2.45) is 5.92 Å². The van der Waals surface area contributed by atoms with Crippen molar-refractivity contribution in [1.82, 2.24) is 0 Å². The molecule has 0 aromatic carbocycles. The molecule has 0 aliphatic rings. The predicted molar refractivity (Wildman–Crippen MR) is 49.9 cm³/mol. The SMILES string of the molecule is CC(C)/C=C(\C=C/CCl)CO. The smallest absolute Gasteiger partial charge is 0.0678 e. The van der Waals surface area contributed by atoms with Crippen LogP contribution in [0.15, 0.2) is 23.8 Å². The van der Waals surface area contributed by atoms with Gasteiger partial charge in [-0.2, -0.15) is 0 Å². The summed E-state index contributed by atoms with van der Waals surface area (Å²) < 4.78 is 0. The van der Waals surface area contributed by atoms with Gasteiger partial charge in [0.05, 0.1) is 6.61 Å². The van der Waals surface area contributed by atoms with Crippen molar-refractivity contribution in [3.63, 3.8) is 0 Å². The second-order valence-corrected chi connectivity index (χ2v) is 3.01. The molecule has 0 atom stereocenters. The maximum absolute atomic E-state index is 8.84. The van der Waals surface area contributed by atoms with Crippen LogP contribution < -0.4 is 0 Å². The van der Waals surface area contributed by atoms with E-state index >= 15 is 0 Å². The van der Waals surface area contributed by atoms with Crippen molar-refractivity contribution in [3.8, 4) is 0 Å². The van der Waals surface area contributed by atoms with Crippen LogP contribution in [0.3, 0.4) is 0 Å². The fraction of sp³-hybridized carbons (Fsp3) is 0.556. The van der Waals surface area contributed by atoms with E-state index in [-0.39, 0.29) is 6.61 Å². The molecule has 64 valence electrons. The third-order valence-electron chi connectivity index (χ3n) is 1.15. The number of alkyl halides is 1. The Morgan fingerprint density at radius 2 is 2.18 bits per heavy atom. The summed E-state index contributed by atoms with van der Waals surface area (Å²) in [5, 5.41) is 8.84. The molecule has 0 amide bonds. The number of allylic oxidation sites excluding steroid dienone is 2. The number of hydrogen-bond acceptors (Lipinski definition) is 1. The number of halogens is 1. The van der Waals surface area contributed by atoms with Crippen molar-refractivity contribution in [1.29, 1.82) is 0 Å². The summed E-state index contributed by atoms with van der Waals surface area (Å²) in [4.78, 5) is 0. The van der Waals surface area contributed by atoms with E-state index in [0.717, 1.165) is 5.57 Å². The molecule has 0 aromatic rings. The van der Waals surface area contributed by atoms with Gasteiger partial charge >= 0.3 is 0 Å². The van der Waals surface area contributed by atoms with Crippen LogP contribution in [0.25, 0.3) is 0 Å². The Balaban J connectivity index is 4.04. The topological polar surface area (TPSA) is 20.2 Å². The van der Waals surface area contributed by atoms with Gasteiger partial charge in [0.1, 0.15) is 0 Å². The maximum atomic E-state index is 8.84. The van der Waals surface area contributed by atoms with Crippen LogP contribution in [0, 0.1) is 5.92 Å². The van der Waals surface area contributed by atoms with Gasteiger partial charge in [-0.15, -0.1) is 11.6 Å². The zero-order valence-electron chi connectivity index (χ0n) is 7.05. The molecule has 2 heteroatoms. The molecular weight excluding hydrogens is 160 g/mol. The van der Waals surface area contributed by atoms with Crippen molar-refractivity contribution < 1.29 is 5.11 Å². The lowest BCUT2D eigenvalue weighted by Crippen LogP contribution is -1.90. The van der Waals surface area contributed by atoms with Crippen LogP contribution in [-0.2, 0) is 0 Å². The van der Waals surface area contributed by atoms with Gasteiger partial charge in [-0.3, -0.25) is 0 Å². The molecular formula is C9H15ClO. The Morgan fingerprint density at radius 1 is 1.55 bits per heavy atom. The van der Waals surface area contributed by atoms with E-state index in [9.17, 15) is 0 Å². The zero-order valence-corrected chi connectivity index (χ0v) is 7.80. The average Bonchev–Trinajstić information content (AvgIpc) is 1.97. The van der Waals surface area contributed by atoms with E-state index in [1.54, 1.807) is 0 Å². The fourth-order valence-electron chi connectivity index (χ4n) is 0.785. The minimum atomic E-state index is 0.0889. The molecule has 0 rings (SSSR count). The summed E-state index contributed by atoms with van der Waals surface area (Å²) in [6.07, 6.45) is 5.70. The van der Waals surface area contributed by atoms with Gasteiger partial charge in [0.2, 0.25) is 0 Å². The highest BCUT2D eigenvalue weighted by molar-refractivity contribution is 6.18. The van der Waals surface area contributed by atoms with Gasteiger partial charge in [-0.1, -0.05) is 32.1 Å². The molecule has 1 N–H and O–H groups in total. The number of hydrogen-bond donors (Lipinski definition) is 1. The molecule has 11 heavy (non-hydrogen) atoms. The van der Waals surface area contributed by atoms with Crippen molar-refractivity contribution >= 4 is 11.6 Å². The van der Waals surface area contributed by atoms with Gasteiger partial charge in [-0.05, 0) is 11.5 Å². The summed E-state index contributed by atoms with van der Waals surface area (Å²) in [6, 6.07) is 0. The highest BCUT2D eigenvalue weighted by Gasteiger charge is 1.91. The first kappa shape index (κ1) is 10.7. The molecule has 0 heterocycles. The summed E-state index contributed by atoms with van der Waals surface area (Å²) in [7, 11) is 0. The molecule has 0 aliphatic heterocycles. The van der Waals surface area contributed by atoms with E-state index in [4.69, 9.17) is 16.7 Å². The van der Waals surface area contributed by atoms with Gasteiger partial charge in [0.25, 0.3) is 0 Å². The average molecular weight is 175 g/mol. The molecule has 0 fully saturated rings. The molecule has 0 aromatic heterocycles. The Morgan fingerprint density at radius 3 is 2.55 bits per heavy atom. The molecule has 0 spiro atoms. The molecule has 0 saturated carbocycles. The van der Waals surface area contributed by atoms with Crippen LogP contribution in [0.1, 0.15) is 13.8 Å². The Bertz CT molecular complexity index is 148. The normalized spacial score (nSPS) is 13.4. The molecule has 0 aliphatic carbocycles. The predicted octanol–water partition coefficient (Wildman–Crippen LogP) is 2.36. The van der Waals surface area contributed by atoms with Crippen molar-refractivity contribution in [3.05, 3.63) is 23.8 Å². The number of rotatable bonds is 4. The Kier molecular flexibility index (Phi) is 6.28. The largest absolute Gasteiger partial charge is 0.392 e. The van der Waals surface area contributed by atoms with Crippen LogP contribution in [0.4, 0.5) is 0 Å². The zero-order chi connectivity index (χ0) is 8.69. The van der Waals surface area contributed by atoms with Crippen LogP contribution >= 0.6 is 11.6 Å². The van der Waals surface area contributed by atoms with Gasteiger partial charge < -0.3 is 5.11 Å². The first-order chi connectivity index (χ1) is 5.20. The maximum Gasteiger partial charge on any atom is 0.0678 e. The third-order valence-corrected chi connectivity index (χ3v) is 1.33. The second-order valence-electron chi connectivity index (χ2n) is 2.70. The van der Waals surface area contributed by atoms with E-state index in [2.05, 4.69) is 13.8 Å². The Labute approximate surface area is 73.4 Å². The van der Waals surface area contributed by atoms with Gasteiger partial charge in [0.15, 0.2) is 0 Å². The minimum absolute atomic E-state index is 0.0889. The van der Waals surface area contributed by atoms with Crippen LogP contribution in [0.5, 0.6) is 0 Å². The lowest BCUT2D eigenvalue weighted by molar-refractivity contribution is 0.334. The lowest BCUT2D eigenvalue weighted by atomic mass is 10.1. The van der Waals surface area contributed by atoms with Gasteiger partial charge in [-0.25, -0.2) is 0 Å². The van der Waals surface area contributed by atoms with E-state index in [1.807, 2.05) is 18.2 Å². The first-order valence-electron chi connectivity index (χ1n) is 3.74. The summed E-state index contributed by atoms with van der Waals surface area (Å²) >= 11 is 5.44. The third kappa shape index (κ3) is 6.14. The molecule has 0 bridgehead atoms. The molecule has 0 saturated heterocycles. The number of aliphatic hydroxyl groups excluding tert-OH is 1. The van der Waals surface area contributed by atoms with Gasteiger partial charge in [0, 0.05) is 5.88 Å². The van der Waals surface area contributed by atoms with Crippen molar-refractivity contribution in [2.75, 3.05) is 12.5 Å². The summed E-state index contributed by atoms with van der Waals surface area (Å²) in [5.41, 5.74) is 0.931. The van der Waals surface area contributed by atoms with E-state index in [1.165, 1.54) is 0 Å². The molecule has 0 unspecified atom stereocenters. The second kappa shape index (κ2) is 6.44. The van der Waals surface area contributed by atoms with Crippen LogP contribution in [0.2, 0.25) is 0 Å². The highest BCUT2D eigenvalue weighted by Crippen LogP contribution is 2.03. The van der Waals surface area contributed by atoms with E-state index in [0.29, 0.717) is 11.8 Å². The standard InChI is InChI=1S/C9H15ClO/c1-8(2)6-9(7-11)4-3-5-10/h3-4,6,8,11H,5,7H2,1-2H3/b4-3-,9-6+. The molecule has 1 nitrogen and oxygen atoms in total. The van der Waals surface area contributed by atoms with Crippen molar-refractivity contribution in [2.45, 2.75) is 13.8 Å². The highest BCUT2D eigenvalue weighted by atomic mass is 35.5. The lowest BCUT2D eigenvalue weighted by Gasteiger charge is -1.99. The quantitative estimate of drug-likeness (QED) is 0.513. The van der Waals surface area contributed by atoms with Crippen LogP contribution in [-0.4, -0.2) is 17.6 Å². The van der Waals surface area contributed by atoms with E-state index < -0.39 is 0 Å². The monoisotopic (exact) mass is 174 g/mol. The summed E-state index contributed by atoms with van der Waals surface area (Å²) in [6.45, 7) is 4.24. The number of aliphatic hydroxyl groups is 1. The summed E-state index contributed by atoms with van der Waals surface area (Å²) in [5.74, 6) is 0.965. The minimum Gasteiger partial charge on any atom is -0.392 e. The first-order valence-corrected chi connectivity index (χ1v) is 4.28. The fourth-order valence-corrected chi connectivity index (χ4v) is 0.874.